The van der Waals surface area contributed by atoms with Gasteiger partial charge in [0.15, 0.2) is 0 Å². The van der Waals surface area contributed by atoms with E-state index in [1.807, 2.05) is 0 Å². The second-order valence-corrected chi connectivity index (χ2v) is 10.3. The molecule has 0 aliphatic carbocycles. The molecule has 6 aromatic rings. The molecule has 7 rings (SSSR count). The number of hydrogen-bond acceptors (Lipinski definition) is 0. The zero-order valence-electron chi connectivity index (χ0n) is 20.8. The summed E-state index contributed by atoms with van der Waals surface area (Å²) in [6, 6.07) is 40.1. The van der Waals surface area contributed by atoms with E-state index < -0.39 is 0 Å². The van der Waals surface area contributed by atoms with E-state index in [9.17, 15) is 0 Å². The Hall–Kier alpha value is -4.04. The molecule has 4 aromatic carbocycles. The van der Waals surface area contributed by atoms with E-state index in [0.717, 1.165) is 6.42 Å². The number of H-pyrrole nitrogens is 1. The molecule has 2 nitrogen and oxygen atoms in total. The molecule has 1 aliphatic rings. The van der Waals surface area contributed by atoms with E-state index in [1.165, 1.54) is 55.4 Å². The Balaban J connectivity index is 1.54. The molecule has 0 fully saturated rings. The molecule has 2 heteroatoms. The van der Waals surface area contributed by atoms with Crippen LogP contribution in [0.4, 0.5) is 0 Å². The molecule has 0 bridgehead atoms. The van der Waals surface area contributed by atoms with E-state index in [-0.39, 0.29) is 6.04 Å². The first-order valence-electron chi connectivity index (χ1n) is 13.0. The summed E-state index contributed by atoms with van der Waals surface area (Å²) in [5.41, 5.74) is 11.0. The van der Waals surface area contributed by atoms with Gasteiger partial charge in [-0.1, -0.05) is 97.1 Å². The van der Waals surface area contributed by atoms with Crippen molar-refractivity contribution in [2.24, 2.45) is 0 Å². The van der Waals surface area contributed by atoms with Crippen LogP contribution in [0.25, 0.3) is 21.8 Å². The molecule has 176 valence electrons. The molecule has 1 aliphatic heterocycles. The maximum atomic E-state index is 3.88. The van der Waals surface area contributed by atoms with E-state index >= 15 is 0 Å². The van der Waals surface area contributed by atoms with Crippen LogP contribution in [0, 0.1) is 13.8 Å². The normalized spacial score (nSPS) is 19.2. The average molecular weight is 467 g/mol. The lowest BCUT2D eigenvalue weighted by Crippen LogP contribution is -2.17. The molecule has 0 saturated carbocycles. The fourth-order valence-corrected chi connectivity index (χ4v) is 6.85. The van der Waals surface area contributed by atoms with Crippen molar-refractivity contribution in [1.29, 1.82) is 0 Å². The number of aromatic nitrogens is 2. The minimum Gasteiger partial charge on any atom is -0.356 e. The zero-order valence-corrected chi connectivity index (χ0v) is 20.8. The van der Waals surface area contributed by atoms with Crippen LogP contribution in [0.3, 0.4) is 0 Å². The topological polar surface area (TPSA) is 20.7 Å². The van der Waals surface area contributed by atoms with Gasteiger partial charge in [-0.05, 0) is 54.7 Å². The van der Waals surface area contributed by atoms with Crippen molar-refractivity contribution in [2.45, 2.75) is 38.1 Å². The number of benzene rings is 4. The Morgan fingerprint density at radius 1 is 0.667 bits per heavy atom. The number of nitrogens with one attached hydrogen (secondary N) is 1. The van der Waals surface area contributed by atoms with Gasteiger partial charge in [-0.2, -0.15) is 0 Å². The predicted molar refractivity (Wildman–Crippen MR) is 150 cm³/mol. The molecule has 1 N–H and O–H groups in total. The molecule has 3 atom stereocenters. The van der Waals surface area contributed by atoms with Crippen molar-refractivity contribution in [1.82, 2.24) is 9.55 Å². The number of aryl methyl sites for hydroxylation is 2. The number of para-hydroxylation sites is 2. The lowest BCUT2D eigenvalue weighted by atomic mass is 9.77. The van der Waals surface area contributed by atoms with Crippen LogP contribution in [0.2, 0.25) is 0 Å². The van der Waals surface area contributed by atoms with Crippen LogP contribution in [0.5, 0.6) is 0 Å². The predicted octanol–water partition coefficient (Wildman–Crippen LogP) is 8.45. The summed E-state index contributed by atoms with van der Waals surface area (Å²) in [4.78, 5) is 3.88. The lowest BCUT2D eigenvalue weighted by molar-refractivity contribution is 0.489. The third-order valence-corrected chi connectivity index (χ3v) is 8.40. The SMILES string of the molecule is Cc1c([C@H]2[C@H](c3ccccc3)[C@@H](Cc3ccccc3)c3c(C)c4ccccc4n32)[nH]c2ccccc12. The monoisotopic (exact) mass is 466 g/mol. The average Bonchev–Trinajstić information content (AvgIpc) is 3.54. The minimum absolute atomic E-state index is 0.196. The Labute approximate surface area is 212 Å². The Kier molecular flexibility index (Phi) is 4.89. The molecule has 0 unspecified atom stereocenters. The number of fused-ring (bicyclic) bond motifs is 4. The Bertz CT molecular complexity index is 1690. The molecule has 3 heterocycles. The van der Waals surface area contributed by atoms with Gasteiger partial charge in [0.1, 0.15) is 0 Å². The highest BCUT2D eigenvalue weighted by atomic mass is 15.1. The smallest absolute Gasteiger partial charge is 0.0815 e. The second-order valence-electron chi connectivity index (χ2n) is 10.3. The van der Waals surface area contributed by atoms with Crippen molar-refractivity contribution < 1.29 is 0 Å². The molecule has 0 spiro atoms. The first-order chi connectivity index (χ1) is 17.7. The van der Waals surface area contributed by atoms with Gasteiger partial charge in [0, 0.05) is 45.0 Å². The first-order valence-corrected chi connectivity index (χ1v) is 13.0. The summed E-state index contributed by atoms with van der Waals surface area (Å²) in [5.74, 6) is 0.703. The van der Waals surface area contributed by atoms with Crippen LogP contribution in [0.1, 0.15) is 51.5 Å². The van der Waals surface area contributed by atoms with Gasteiger partial charge < -0.3 is 9.55 Å². The van der Waals surface area contributed by atoms with Crippen LogP contribution in [0.15, 0.2) is 109 Å². The van der Waals surface area contributed by atoms with E-state index in [2.05, 4.69) is 133 Å². The fraction of sp³-hybridized carbons (Fsp3) is 0.176. The summed E-state index contributed by atoms with van der Waals surface area (Å²) in [6.07, 6.45) is 1.02. The number of nitrogens with zero attached hydrogens (tertiary/aromatic N) is 1. The molecule has 0 saturated heterocycles. The second kappa shape index (κ2) is 8.27. The largest absolute Gasteiger partial charge is 0.356 e. The van der Waals surface area contributed by atoms with Gasteiger partial charge in [-0.3, -0.25) is 0 Å². The molecule has 0 amide bonds. The maximum absolute atomic E-state index is 3.88. The van der Waals surface area contributed by atoms with Crippen molar-refractivity contribution >= 4 is 21.8 Å². The van der Waals surface area contributed by atoms with Gasteiger partial charge >= 0.3 is 0 Å². The van der Waals surface area contributed by atoms with Crippen molar-refractivity contribution in [3.63, 3.8) is 0 Å². The molecular weight excluding hydrogens is 436 g/mol. The fourth-order valence-electron chi connectivity index (χ4n) is 6.85. The van der Waals surface area contributed by atoms with Crippen LogP contribution in [-0.2, 0) is 6.42 Å². The Morgan fingerprint density at radius 3 is 2.06 bits per heavy atom. The standard InChI is InChI=1S/C34H30N2/c1-22-26-17-9-11-19-29(26)35-32(22)34-31(25-15-7-4-8-16-25)28(21-24-13-5-3-6-14-24)33-23(2)27-18-10-12-20-30(27)36(33)34/h3-20,28,31,34-35H,21H2,1-2H3/t28-,31-,34-/m1/s1. The lowest BCUT2D eigenvalue weighted by Gasteiger charge is -2.27. The van der Waals surface area contributed by atoms with Gasteiger partial charge in [0.05, 0.1) is 6.04 Å². The first kappa shape index (κ1) is 21.3. The van der Waals surface area contributed by atoms with E-state index in [1.54, 1.807) is 0 Å². The van der Waals surface area contributed by atoms with Crippen LogP contribution in [-0.4, -0.2) is 9.55 Å². The molecule has 2 aromatic heterocycles. The van der Waals surface area contributed by atoms with Crippen LogP contribution >= 0.6 is 0 Å². The third-order valence-electron chi connectivity index (χ3n) is 8.40. The number of hydrogen-bond donors (Lipinski definition) is 1. The minimum atomic E-state index is 0.196. The van der Waals surface area contributed by atoms with Crippen molar-refractivity contribution in [3.05, 3.63) is 143 Å². The molecule has 36 heavy (non-hydrogen) atoms. The number of rotatable bonds is 4. The molecule has 0 radical (unpaired) electrons. The third kappa shape index (κ3) is 3.10. The Morgan fingerprint density at radius 2 is 1.31 bits per heavy atom. The summed E-state index contributed by atoms with van der Waals surface area (Å²) in [7, 11) is 0. The highest BCUT2D eigenvalue weighted by Crippen LogP contribution is 2.56. The zero-order chi connectivity index (χ0) is 24.2. The van der Waals surface area contributed by atoms with Crippen molar-refractivity contribution in [3.8, 4) is 0 Å². The summed E-state index contributed by atoms with van der Waals surface area (Å²) < 4.78 is 2.67. The van der Waals surface area contributed by atoms with E-state index in [4.69, 9.17) is 0 Å². The van der Waals surface area contributed by atoms with E-state index in [0.29, 0.717) is 11.8 Å². The van der Waals surface area contributed by atoms with Gasteiger partial charge in [-0.15, -0.1) is 0 Å². The van der Waals surface area contributed by atoms with Crippen molar-refractivity contribution in [2.75, 3.05) is 0 Å². The highest BCUT2D eigenvalue weighted by Gasteiger charge is 2.45. The van der Waals surface area contributed by atoms with Crippen LogP contribution < -0.4 is 0 Å². The maximum Gasteiger partial charge on any atom is 0.0815 e. The summed E-state index contributed by atoms with van der Waals surface area (Å²) in [5, 5.41) is 2.69. The van der Waals surface area contributed by atoms with Gasteiger partial charge in [-0.25, -0.2) is 0 Å². The van der Waals surface area contributed by atoms with Gasteiger partial charge in [0.2, 0.25) is 0 Å². The molecular formula is C34H30N2. The quantitative estimate of drug-likeness (QED) is 0.269. The highest BCUT2D eigenvalue weighted by molar-refractivity contribution is 5.88. The number of aromatic amines is 1. The summed E-state index contributed by atoms with van der Waals surface area (Å²) in [6.45, 7) is 4.62. The van der Waals surface area contributed by atoms with Gasteiger partial charge in [0.25, 0.3) is 0 Å². The summed E-state index contributed by atoms with van der Waals surface area (Å²) >= 11 is 0.